The summed E-state index contributed by atoms with van der Waals surface area (Å²) in [5.41, 5.74) is 2.69. The van der Waals surface area contributed by atoms with Crippen LogP contribution < -0.4 is 0 Å². The smallest absolute Gasteiger partial charge is 0.302 e. The molecule has 2 nitrogen and oxygen atoms in total. The summed E-state index contributed by atoms with van der Waals surface area (Å²) in [6, 6.07) is 0. The lowest BCUT2D eigenvalue weighted by Crippen LogP contribution is -2.49. The summed E-state index contributed by atoms with van der Waals surface area (Å²) in [4.78, 5) is 11.5. The summed E-state index contributed by atoms with van der Waals surface area (Å²) in [6.45, 7) is 14.1. The molecule has 0 aromatic carbocycles. The summed E-state index contributed by atoms with van der Waals surface area (Å²) < 4.78 is 5.64. The normalized spacial score (nSPS) is 42.9. The van der Waals surface area contributed by atoms with Gasteiger partial charge in [-0.1, -0.05) is 65.5 Å². The minimum atomic E-state index is -0.102. The molecule has 3 saturated carbocycles. The lowest BCUT2D eigenvalue weighted by molar-refractivity contribution is -0.151. The second-order valence-corrected chi connectivity index (χ2v) is 12.8. The van der Waals surface area contributed by atoms with Gasteiger partial charge in [0, 0.05) is 6.92 Å². The third-order valence-electron chi connectivity index (χ3n) is 10.5. The number of hydrogen-bond donors (Lipinski definition) is 0. The van der Waals surface area contributed by atoms with Crippen LogP contribution in [0.2, 0.25) is 0 Å². The molecule has 0 N–H and O–H groups in total. The maximum atomic E-state index is 11.5. The van der Waals surface area contributed by atoms with Gasteiger partial charge in [-0.2, -0.15) is 0 Å². The van der Waals surface area contributed by atoms with Gasteiger partial charge in [0.2, 0.25) is 0 Å². The zero-order valence-corrected chi connectivity index (χ0v) is 21.2. The highest BCUT2D eigenvalue weighted by molar-refractivity contribution is 5.66. The molecule has 0 amide bonds. The average Bonchev–Trinajstić information content (AvgIpc) is 3.05. The molecule has 4 rings (SSSR count). The molecule has 4 aliphatic carbocycles. The first-order valence-electron chi connectivity index (χ1n) is 13.5. The highest BCUT2D eigenvalue weighted by atomic mass is 16.5. The molecule has 8 atom stereocenters. The highest BCUT2D eigenvalue weighted by Crippen LogP contribution is 2.66. The lowest BCUT2D eigenvalue weighted by Gasteiger charge is -2.57. The number of ether oxygens (including phenoxy) is 1. The molecule has 3 fully saturated rings. The molecule has 0 heterocycles. The van der Waals surface area contributed by atoms with Crippen LogP contribution in [0.5, 0.6) is 0 Å². The van der Waals surface area contributed by atoms with Crippen LogP contribution in [0.3, 0.4) is 0 Å². The van der Waals surface area contributed by atoms with Crippen LogP contribution in [0.25, 0.3) is 0 Å². The molecular weight excluding hydrogens is 380 g/mol. The van der Waals surface area contributed by atoms with Gasteiger partial charge in [0.1, 0.15) is 6.10 Å². The van der Waals surface area contributed by atoms with Crippen LogP contribution in [0.1, 0.15) is 112 Å². The molecule has 8 unspecified atom stereocenters. The van der Waals surface area contributed by atoms with Crippen molar-refractivity contribution in [3.05, 3.63) is 11.6 Å². The number of allylic oxidation sites excluding steroid dienone is 2. The number of fused-ring (bicyclic) bond motifs is 5. The second-order valence-electron chi connectivity index (χ2n) is 12.8. The molecule has 0 aromatic heterocycles. The zero-order valence-electron chi connectivity index (χ0n) is 21.2. The summed E-state index contributed by atoms with van der Waals surface area (Å²) >= 11 is 0. The monoisotopic (exact) mass is 428 g/mol. The van der Waals surface area contributed by atoms with E-state index in [1.807, 2.05) is 5.57 Å². The molecule has 4 aliphatic rings. The Morgan fingerprint density at radius 2 is 1.87 bits per heavy atom. The van der Waals surface area contributed by atoms with Crippen molar-refractivity contribution in [3.8, 4) is 0 Å². The number of esters is 1. The van der Waals surface area contributed by atoms with Crippen LogP contribution >= 0.6 is 0 Å². The Hall–Kier alpha value is -0.790. The first-order chi connectivity index (χ1) is 14.6. The van der Waals surface area contributed by atoms with Crippen LogP contribution in [-0.2, 0) is 9.53 Å². The topological polar surface area (TPSA) is 26.3 Å². The molecule has 0 aromatic rings. The first-order valence-corrected chi connectivity index (χ1v) is 13.5. The van der Waals surface area contributed by atoms with Crippen molar-refractivity contribution in [1.29, 1.82) is 0 Å². The molecule has 0 spiro atoms. The number of carbonyl (C=O) groups excluding carboxylic acids is 1. The minimum Gasteiger partial charge on any atom is -0.463 e. The number of hydrogen-bond acceptors (Lipinski definition) is 2. The molecule has 0 aliphatic heterocycles. The van der Waals surface area contributed by atoms with E-state index in [9.17, 15) is 4.79 Å². The summed E-state index contributed by atoms with van der Waals surface area (Å²) in [7, 11) is 0. The van der Waals surface area contributed by atoms with E-state index in [2.05, 4.69) is 40.7 Å². The second kappa shape index (κ2) is 8.86. The quantitative estimate of drug-likeness (QED) is 0.317. The fourth-order valence-corrected chi connectivity index (χ4v) is 8.85. The Morgan fingerprint density at radius 3 is 2.58 bits per heavy atom. The van der Waals surface area contributed by atoms with Crippen molar-refractivity contribution in [2.75, 3.05) is 0 Å². The number of carbonyl (C=O) groups is 1. The van der Waals surface area contributed by atoms with Gasteiger partial charge < -0.3 is 4.74 Å². The molecular formula is C29H48O2. The third kappa shape index (κ3) is 4.26. The van der Waals surface area contributed by atoms with Crippen LogP contribution in [0.4, 0.5) is 0 Å². The van der Waals surface area contributed by atoms with E-state index in [4.69, 9.17) is 4.74 Å². The van der Waals surface area contributed by atoms with Gasteiger partial charge in [0.25, 0.3) is 0 Å². The Morgan fingerprint density at radius 1 is 1.10 bits per heavy atom. The van der Waals surface area contributed by atoms with Crippen molar-refractivity contribution in [1.82, 2.24) is 0 Å². The fraction of sp³-hybridized carbons (Fsp3) is 0.897. The van der Waals surface area contributed by atoms with Gasteiger partial charge in [0.15, 0.2) is 0 Å². The van der Waals surface area contributed by atoms with E-state index >= 15 is 0 Å². The molecule has 176 valence electrons. The molecule has 0 radical (unpaired) electrons. The van der Waals surface area contributed by atoms with E-state index < -0.39 is 0 Å². The van der Waals surface area contributed by atoms with E-state index in [0.717, 1.165) is 42.4 Å². The molecule has 0 saturated heterocycles. The van der Waals surface area contributed by atoms with Crippen molar-refractivity contribution in [3.63, 3.8) is 0 Å². The van der Waals surface area contributed by atoms with Crippen LogP contribution in [0.15, 0.2) is 11.6 Å². The van der Waals surface area contributed by atoms with Gasteiger partial charge in [-0.25, -0.2) is 0 Å². The summed E-state index contributed by atoms with van der Waals surface area (Å²) in [6.07, 6.45) is 17.4. The first kappa shape index (κ1) is 23.4. The van der Waals surface area contributed by atoms with Crippen molar-refractivity contribution in [2.24, 2.45) is 46.3 Å². The Bertz CT molecular complexity index is 693. The molecule has 31 heavy (non-hydrogen) atoms. The summed E-state index contributed by atoms with van der Waals surface area (Å²) in [5.74, 6) is 4.93. The Balaban J connectivity index is 1.48. The van der Waals surface area contributed by atoms with E-state index in [1.165, 1.54) is 57.8 Å². The third-order valence-corrected chi connectivity index (χ3v) is 10.5. The Kier molecular flexibility index (Phi) is 6.68. The van der Waals surface area contributed by atoms with Crippen LogP contribution in [0, 0.1) is 46.3 Å². The van der Waals surface area contributed by atoms with Gasteiger partial charge >= 0.3 is 5.97 Å². The average molecular weight is 429 g/mol. The predicted molar refractivity (Wildman–Crippen MR) is 129 cm³/mol. The van der Waals surface area contributed by atoms with E-state index in [0.29, 0.717) is 16.7 Å². The van der Waals surface area contributed by atoms with Gasteiger partial charge in [-0.05, 0) is 97.7 Å². The minimum absolute atomic E-state index is 0.102. The standard InChI is InChI=1S/C29H48O2/c1-19(2)8-7-9-20(3)25-12-13-26-24-11-10-22-18-23(31-21(4)30)14-16-28(22,5)27(24)15-17-29(25,26)6/h15,19-20,22-26H,7-14,16-18H2,1-6H3. The maximum Gasteiger partial charge on any atom is 0.302 e. The van der Waals surface area contributed by atoms with E-state index in [-0.39, 0.29) is 12.1 Å². The van der Waals surface area contributed by atoms with Gasteiger partial charge in [-0.3, -0.25) is 4.79 Å². The lowest BCUT2D eigenvalue weighted by atomic mass is 9.48. The zero-order chi connectivity index (χ0) is 22.4. The van der Waals surface area contributed by atoms with Crippen molar-refractivity contribution in [2.45, 2.75) is 118 Å². The summed E-state index contributed by atoms with van der Waals surface area (Å²) in [5, 5.41) is 0. The van der Waals surface area contributed by atoms with Gasteiger partial charge in [-0.15, -0.1) is 0 Å². The Labute approximate surface area is 192 Å². The van der Waals surface area contributed by atoms with E-state index in [1.54, 1.807) is 6.92 Å². The largest absolute Gasteiger partial charge is 0.463 e. The van der Waals surface area contributed by atoms with Gasteiger partial charge in [0.05, 0.1) is 0 Å². The van der Waals surface area contributed by atoms with Crippen LogP contribution in [-0.4, -0.2) is 12.1 Å². The predicted octanol–water partition coefficient (Wildman–Crippen LogP) is 7.96. The molecule has 0 bridgehead atoms. The fourth-order valence-electron chi connectivity index (χ4n) is 8.85. The number of rotatable bonds is 6. The molecule has 2 heteroatoms. The van der Waals surface area contributed by atoms with Crippen molar-refractivity contribution >= 4 is 5.97 Å². The highest BCUT2D eigenvalue weighted by Gasteiger charge is 2.57. The SMILES string of the molecule is CC(=O)OC1CCC2(C)C3=CCC4(C)C(C(C)CCCC(C)C)CCC4C3CCC2C1. The van der Waals surface area contributed by atoms with Crippen molar-refractivity contribution < 1.29 is 9.53 Å². The maximum absolute atomic E-state index is 11.5.